The summed E-state index contributed by atoms with van der Waals surface area (Å²) in [5, 5.41) is 3.66. The highest BCUT2D eigenvalue weighted by Gasteiger charge is 2.21. The largest absolute Gasteiger partial charge is 0.496 e. The van der Waals surface area contributed by atoms with Crippen LogP contribution in [-0.4, -0.2) is 19.7 Å². The number of ether oxygens (including phenoxy) is 1. The lowest BCUT2D eigenvalue weighted by atomic mass is 9.95. The summed E-state index contributed by atoms with van der Waals surface area (Å²) in [6.07, 6.45) is 6.44. The van der Waals surface area contributed by atoms with E-state index in [9.17, 15) is 0 Å². The third-order valence-corrected chi connectivity index (χ3v) is 4.33. The van der Waals surface area contributed by atoms with Crippen molar-refractivity contribution in [3.8, 4) is 5.75 Å². The van der Waals surface area contributed by atoms with Gasteiger partial charge < -0.3 is 10.1 Å². The van der Waals surface area contributed by atoms with Crippen LogP contribution < -0.4 is 10.1 Å². The summed E-state index contributed by atoms with van der Waals surface area (Å²) in [5.41, 5.74) is 1.39. The van der Waals surface area contributed by atoms with Crippen molar-refractivity contribution in [3.63, 3.8) is 0 Å². The van der Waals surface area contributed by atoms with Gasteiger partial charge in [0.2, 0.25) is 0 Å². The van der Waals surface area contributed by atoms with Crippen LogP contribution in [0, 0.1) is 5.92 Å². The molecule has 0 heterocycles. The smallest absolute Gasteiger partial charge is 0.133 e. The standard InChI is InChI=1S/C16H24BrNO/c1-3-4-13(11-18-14-6-7-14)9-12-5-8-16(19-2)15(17)10-12/h5,8,10,13-14,18H,3-4,6-7,9,11H2,1-2H3. The van der Waals surface area contributed by atoms with Gasteiger partial charge >= 0.3 is 0 Å². The Morgan fingerprint density at radius 3 is 2.79 bits per heavy atom. The van der Waals surface area contributed by atoms with E-state index in [1.165, 1.54) is 31.2 Å². The van der Waals surface area contributed by atoms with Crippen molar-refractivity contribution in [2.75, 3.05) is 13.7 Å². The summed E-state index contributed by atoms with van der Waals surface area (Å²) in [6, 6.07) is 7.24. The van der Waals surface area contributed by atoms with E-state index >= 15 is 0 Å². The molecule has 1 atom stereocenters. The van der Waals surface area contributed by atoms with Crippen LogP contribution in [0.15, 0.2) is 22.7 Å². The maximum absolute atomic E-state index is 5.28. The number of hydrogen-bond acceptors (Lipinski definition) is 2. The van der Waals surface area contributed by atoms with Crippen LogP contribution in [0.25, 0.3) is 0 Å². The summed E-state index contributed by atoms with van der Waals surface area (Å²) in [5.74, 6) is 1.65. The van der Waals surface area contributed by atoms with Crippen LogP contribution in [0.4, 0.5) is 0 Å². The summed E-state index contributed by atoms with van der Waals surface area (Å²) in [7, 11) is 1.71. The molecule has 106 valence electrons. The average Bonchev–Trinajstić information content (AvgIpc) is 3.20. The first-order chi connectivity index (χ1) is 9.22. The van der Waals surface area contributed by atoms with Gasteiger partial charge in [-0.1, -0.05) is 19.4 Å². The minimum atomic E-state index is 0.742. The lowest BCUT2D eigenvalue weighted by Crippen LogP contribution is -2.26. The zero-order valence-corrected chi connectivity index (χ0v) is 13.5. The van der Waals surface area contributed by atoms with Crippen molar-refractivity contribution in [1.82, 2.24) is 5.32 Å². The Kier molecular flexibility index (Phi) is 5.71. The Morgan fingerprint density at radius 1 is 1.42 bits per heavy atom. The number of hydrogen-bond donors (Lipinski definition) is 1. The fraction of sp³-hybridized carbons (Fsp3) is 0.625. The molecular formula is C16H24BrNO. The van der Waals surface area contributed by atoms with Gasteiger partial charge in [0.05, 0.1) is 11.6 Å². The maximum atomic E-state index is 5.28. The molecule has 0 bridgehead atoms. The second-order valence-electron chi connectivity index (χ2n) is 5.51. The summed E-state index contributed by atoms with van der Waals surface area (Å²) >= 11 is 3.57. The molecule has 2 nitrogen and oxygen atoms in total. The van der Waals surface area contributed by atoms with Gasteiger partial charge in [0.15, 0.2) is 0 Å². The van der Waals surface area contributed by atoms with Crippen LogP contribution in [0.2, 0.25) is 0 Å². The Hall–Kier alpha value is -0.540. The molecule has 1 aliphatic carbocycles. The van der Waals surface area contributed by atoms with Gasteiger partial charge in [-0.2, -0.15) is 0 Å². The fourth-order valence-electron chi connectivity index (χ4n) is 2.48. The first-order valence-corrected chi connectivity index (χ1v) is 8.08. The second-order valence-corrected chi connectivity index (χ2v) is 6.36. The quantitative estimate of drug-likeness (QED) is 0.774. The summed E-state index contributed by atoms with van der Waals surface area (Å²) < 4.78 is 6.33. The van der Waals surface area contributed by atoms with Gasteiger partial charge in [0.1, 0.15) is 5.75 Å². The lowest BCUT2D eigenvalue weighted by molar-refractivity contribution is 0.411. The Labute approximate surface area is 125 Å². The SMILES string of the molecule is CCCC(CNC1CC1)Cc1ccc(OC)c(Br)c1. The highest BCUT2D eigenvalue weighted by atomic mass is 79.9. The second kappa shape index (κ2) is 7.30. The molecule has 1 saturated carbocycles. The monoisotopic (exact) mass is 325 g/mol. The highest BCUT2D eigenvalue weighted by molar-refractivity contribution is 9.10. The predicted molar refractivity (Wildman–Crippen MR) is 83.8 cm³/mol. The minimum Gasteiger partial charge on any atom is -0.496 e. The van der Waals surface area contributed by atoms with Crippen molar-refractivity contribution in [3.05, 3.63) is 28.2 Å². The van der Waals surface area contributed by atoms with Crippen LogP contribution in [0.1, 0.15) is 38.2 Å². The first kappa shape index (κ1) is 14.9. The topological polar surface area (TPSA) is 21.3 Å². The lowest BCUT2D eigenvalue weighted by Gasteiger charge is -2.17. The molecule has 0 saturated heterocycles. The molecule has 19 heavy (non-hydrogen) atoms. The zero-order chi connectivity index (χ0) is 13.7. The van der Waals surface area contributed by atoms with E-state index in [0.29, 0.717) is 0 Å². The Bertz CT molecular complexity index is 404. The number of halogens is 1. The molecule has 1 aliphatic rings. The number of benzene rings is 1. The van der Waals surface area contributed by atoms with Crippen molar-refractivity contribution in [2.24, 2.45) is 5.92 Å². The van der Waals surface area contributed by atoms with Gasteiger partial charge in [-0.25, -0.2) is 0 Å². The minimum absolute atomic E-state index is 0.742. The van der Waals surface area contributed by atoms with Crippen molar-refractivity contribution >= 4 is 15.9 Å². The molecule has 3 heteroatoms. The summed E-state index contributed by atoms with van der Waals surface area (Å²) in [6.45, 7) is 3.43. The van der Waals surface area contributed by atoms with Crippen LogP contribution in [-0.2, 0) is 6.42 Å². The van der Waals surface area contributed by atoms with E-state index in [1.807, 2.05) is 0 Å². The Balaban J connectivity index is 1.92. The van der Waals surface area contributed by atoms with E-state index in [4.69, 9.17) is 4.74 Å². The highest BCUT2D eigenvalue weighted by Crippen LogP contribution is 2.27. The summed E-state index contributed by atoms with van der Waals surface area (Å²) in [4.78, 5) is 0. The van der Waals surface area contributed by atoms with Crippen LogP contribution >= 0.6 is 15.9 Å². The van der Waals surface area contributed by atoms with Gasteiger partial charge in [0.25, 0.3) is 0 Å². The zero-order valence-electron chi connectivity index (χ0n) is 11.9. The molecule has 2 rings (SSSR count). The predicted octanol–water partition coefficient (Wildman–Crippen LogP) is 4.17. The first-order valence-electron chi connectivity index (χ1n) is 7.28. The maximum Gasteiger partial charge on any atom is 0.133 e. The van der Waals surface area contributed by atoms with Crippen molar-refractivity contribution in [1.29, 1.82) is 0 Å². The molecule has 1 fully saturated rings. The van der Waals surface area contributed by atoms with Gasteiger partial charge in [0, 0.05) is 6.04 Å². The van der Waals surface area contributed by atoms with E-state index in [-0.39, 0.29) is 0 Å². The average molecular weight is 326 g/mol. The van der Waals surface area contributed by atoms with Gasteiger partial charge in [-0.3, -0.25) is 0 Å². The molecule has 0 radical (unpaired) electrons. The number of rotatable bonds is 8. The molecular weight excluding hydrogens is 302 g/mol. The molecule has 1 N–H and O–H groups in total. The molecule has 0 amide bonds. The van der Waals surface area contributed by atoms with E-state index in [0.717, 1.165) is 35.1 Å². The van der Waals surface area contributed by atoms with E-state index in [2.05, 4.69) is 46.4 Å². The molecule has 0 aliphatic heterocycles. The fourth-order valence-corrected chi connectivity index (χ4v) is 3.06. The van der Waals surface area contributed by atoms with E-state index < -0.39 is 0 Å². The number of methoxy groups -OCH3 is 1. The van der Waals surface area contributed by atoms with Crippen LogP contribution in [0.3, 0.4) is 0 Å². The van der Waals surface area contributed by atoms with Crippen molar-refractivity contribution < 1.29 is 4.74 Å². The molecule has 1 aromatic rings. The van der Waals surface area contributed by atoms with Crippen LogP contribution in [0.5, 0.6) is 5.75 Å². The van der Waals surface area contributed by atoms with Gasteiger partial charge in [-0.15, -0.1) is 0 Å². The van der Waals surface area contributed by atoms with Crippen molar-refractivity contribution in [2.45, 2.75) is 45.1 Å². The van der Waals surface area contributed by atoms with Gasteiger partial charge in [-0.05, 0) is 71.8 Å². The number of nitrogens with one attached hydrogen (secondary N) is 1. The molecule has 1 unspecified atom stereocenters. The normalized spacial score (nSPS) is 16.4. The third-order valence-electron chi connectivity index (χ3n) is 3.71. The molecule has 1 aromatic carbocycles. The molecule has 0 aromatic heterocycles. The van der Waals surface area contributed by atoms with E-state index in [1.54, 1.807) is 7.11 Å². The molecule has 0 spiro atoms. The Morgan fingerprint density at radius 2 is 2.21 bits per heavy atom. The third kappa shape index (κ3) is 4.81.